The van der Waals surface area contributed by atoms with Crippen molar-refractivity contribution in [3.63, 3.8) is 0 Å². The van der Waals surface area contributed by atoms with Crippen molar-refractivity contribution >= 4 is 33.0 Å². The van der Waals surface area contributed by atoms with E-state index >= 15 is 0 Å². The number of piperidine rings is 1. The van der Waals surface area contributed by atoms with E-state index in [-0.39, 0.29) is 11.9 Å². The monoisotopic (exact) mass is 305 g/mol. The number of thiophene rings is 1. The summed E-state index contributed by atoms with van der Waals surface area (Å²) in [6, 6.07) is 5.93. The number of hydrogen-bond acceptors (Lipinski definition) is 5. The molecule has 5 nitrogen and oxygen atoms in total. The van der Waals surface area contributed by atoms with E-state index in [0.717, 1.165) is 22.9 Å². The summed E-state index contributed by atoms with van der Waals surface area (Å²) in [4.78, 5) is 15.1. The Balaban J connectivity index is 1.97. The number of nitrogens with zero attached hydrogens (tertiary/aromatic N) is 1. The third-order valence-electron chi connectivity index (χ3n) is 3.95. The number of fused-ring (bicyclic) bond motifs is 1. The van der Waals surface area contributed by atoms with Gasteiger partial charge < -0.3 is 21.1 Å². The lowest BCUT2D eigenvalue weighted by molar-refractivity contribution is 0.0720. The number of carbonyl (C=O) groups is 1. The van der Waals surface area contributed by atoms with Gasteiger partial charge in [-0.1, -0.05) is 6.07 Å². The summed E-state index contributed by atoms with van der Waals surface area (Å²) in [7, 11) is 1.61. The number of benzene rings is 1. The molecule has 0 atom stereocenters. The van der Waals surface area contributed by atoms with Crippen molar-refractivity contribution in [3.8, 4) is 5.75 Å². The summed E-state index contributed by atoms with van der Waals surface area (Å²) >= 11 is 1.43. The van der Waals surface area contributed by atoms with Gasteiger partial charge in [0.2, 0.25) is 0 Å². The summed E-state index contributed by atoms with van der Waals surface area (Å²) in [5, 5.41) is 0.835. The molecule has 2 heterocycles. The Hall–Kier alpha value is -1.79. The Morgan fingerprint density at radius 3 is 2.76 bits per heavy atom. The number of hydrogen-bond donors (Lipinski definition) is 2. The van der Waals surface area contributed by atoms with Gasteiger partial charge in [-0.25, -0.2) is 0 Å². The zero-order chi connectivity index (χ0) is 15.0. The maximum atomic E-state index is 12.7. The molecule has 1 amide bonds. The molecule has 0 saturated carbocycles. The smallest absolute Gasteiger partial charge is 0.266 e. The van der Waals surface area contributed by atoms with Crippen LogP contribution >= 0.6 is 11.3 Å². The molecule has 0 spiro atoms. The molecule has 0 unspecified atom stereocenters. The van der Waals surface area contributed by atoms with E-state index in [4.69, 9.17) is 16.2 Å². The molecule has 1 aliphatic rings. The van der Waals surface area contributed by atoms with Gasteiger partial charge in [-0.05, 0) is 25.0 Å². The van der Waals surface area contributed by atoms with E-state index in [1.807, 2.05) is 23.1 Å². The van der Waals surface area contributed by atoms with Crippen molar-refractivity contribution in [1.29, 1.82) is 0 Å². The number of likely N-dealkylation sites (tertiary alicyclic amines) is 1. The van der Waals surface area contributed by atoms with Crippen LogP contribution in [0.1, 0.15) is 22.5 Å². The number of ether oxygens (including phenoxy) is 1. The molecule has 1 aromatic carbocycles. The molecule has 0 radical (unpaired) electrons. The minimum Gasteiger partial charge on any atom is -0.496 e. The van der Waals surface area contributed by atoms with Crippen molar-refractivity contribution in [1.82, 2.24) is 4.90 Å². The van der Waals surface area contributed by atoms with Gasteiger partial charge in [-0.3, -0.25) is 4.79 Å². The number of nitrogen functional groups attached to an aromatic ring is 1. The van der Waals surface area contributed by atoms with Gasteiger partial charge in [-0.2, -0.15) is 0 Å². The van der Waals surface area contributed by atoms with Crippen LogP contribution in [-0.4, -0.2) is 37.0 Å². The van der Waals surface area contributed by atoms with Crippen LogP contribution < -0.4 is 16.2 Å². The highest BCUT2D eigenvalue weighted by Gasteiger charge is 2.26. The topological polar surface area (TPSA) is 81.6 Å². The number of carbonyl (C=O) groups excluding carboxylic acids is 1. The summed E-state index contributed by atoms with van der Waals surface area (Å²) in [5.41, 5.74) is 12.6. The summed E-state index contributed by atoms with van der Waals surface area (Å²) < 4.78 is 6.32. The van der Waals surface area contributed by atoms with Gasteiger partial charge in [0, 0.05) is 23.8 Å². The van der Waals surface area contributed by atoms with E-state index in [2.05, 4.69) is 0 Å². The number of anilines is 1. The average Bonchev–Trinajstić information content (AvgIpc) is 2.84. The molecule has 3 rings (SSSR count). The Kier molecular flexibility index (Phi) is 3.73. The predicted molar refractivity (Wildman–Crippen MR) is 85.9 cm³/mol. The first-order valence-corrected chi connectivity index (χ1v) is 7.83. The molecule has 1 aromatic heterocycles. The van der Waals surface area contributed by atoms with Crippen LogP contribution in [0.5, 0.6) is 5.75 Å². The third-order valence-corrected chi connectivity index (χ3v) is 5.11. The Labute approximate surface area is 127 Å². The fourth-order valence-electron chi connectivity index (χ4n) is 2.72. The first kappa shape index (κ1) is 14.2. The van der Waals surface area contributed by atoms with E-state index in [1.54, 1.807) is 7.11 Å². The Morgan fingerprint density at radius 1 is 1.38 bits per heavy atom. The van der Waals surface area contributed by atoms with Gasteiger partial charge in [0.15, 0.2) is 0 Å². The second-order valence-corrected chi connectivity index (χ2v) is 6.36. The normalized spacial score (nSPS) is 16.4. The fourth-order valence-corrected chi connectivity index (χ4v) is 3.82. The van der Waals surface area contributed by atoms with E-state index < -0.39 is 0 Å². The highest BCUT2D eigenvalue weighted by Crippen LogP contribution is 2.40. The van der Waals surface area contributed by atoms with Crippen molar-refractivity contribution in [3.05, 3.63) is 23.1 Å². The summed E-state index contributed by atoms with van der Waals surface area (Å²) in [5.74, 6) is 0.712. The largest absolute Gasteiger partial charge is 0.496 e. The fraction of sp³-hybridized carbons (Fsp3) is 0.400. The zero-order valence-corrected chi connectivity index (χ0v) is 12.8. The van der Waals surface area contributed by atoms with Gasteiger partial charge in [-0.15, -0.1) is 11.3 Å². The maximum Gasteiger partial charge on any atom is 0.266 e. The average molecular weight is 305 g/mol. The molecule has 1 fully saturated rings. The Bertz CT molecular complexity index is 675. The SMILES string of the molecule is COc1cccc2sc(C(=O)N3CCC(N)CC3)c(N)c12. The molecule has 2 aromatic rings. The minimum absolute atomic E-state index is 0.00246. The van der Waals surface area contributed by atoms with E-state index in [1.165, 1.54) is 11.3 Å². The highest BCUT2D eigenvalue weighted by atomic mass is 32.1. The van der Waals surface area contributed by atoms with Crippen LogP contribution in [0.3, 0.4) is 0 Å². The van der Waals surface area contributed by atoms with Crippen LogP contribution in [0.15, 0.2) is 18.2 Å². The number of nitrogens with two attached hydrogens (primary N) is 2. The van der Waals surface area contributed by atoms with E-state index in [9.17, 15) is 4.79 Å². The molecule has 6 heteroatoms. The standard InChI is InChI=1S/C15H19N3O2S/c1-20-10-3-2-4-11-12(10)13(17)14(21-11)15(19)18-7-5-9(16)6-8-18/h2-4,9H,5-8,16-17H2,1H3. The van der Waals surface area contributed by atoms with Crippen molar-refractivity contribution in [2.45, 2.75) is 18.9 Å². The number of methoxy groups -OCH3 is 1. The number of amides is 1. The van der Waals surface area contributed by atoms with Gasteiger partial charge >= 0.3 is 0 Å². The molecule has 0 aliphatic carbocycles. The van der Waals surface area contributed by atoms with Gasteiger partial charge in [0.05, 0.1) is 18.2 Å². The lowest BCUT2D eigenvalue weighted by atomic mass is 10.1. The molecule has 1 saturated heterocycles. The second-order valence-electron chi connectivity index (χ2n) is 5.31. The second kappa shape index (κ2) is 5.54. The lowest BCUT2D eigenvalue weighted by Crippen LogP contribution is -2.42. The predicted octanol–water partition coefficient (Wildman–Crippen LogP) is 2.06. The van der Waals surface area contributed by atoms with E-state index in [0.29, 0.717) is 29.4 Å². The lowest BCUT2D eigenvalue weighted by Gasteiger charge is -2.29. The van der Waals surface area contributed by atoms with Crippen LogP contribution in [-0.2, 0) is 0 Å². The van der Waals surface area contributed by atoms with Crippen molar-refractivity contribution in [2.24, 2.45) is 5.73 Å². The first-order valence-electron chi connectivity index (χ1n) is 7.01. The van der Waals surface area contributed by atoms with Crippen LogP contribution in [0.25, 0.3) is 10.1 Å². The molecule has 0 bridgehead atoms. The third kappa shape index (κ3) is 2.45. The van der Waals surface area contributed by atoms with Crippen molar-refractivity contribution in [2.75, 3.05) is 25.9 Å². The van der Waals surface area contributed by atoms with Crippen LogP contribution in [0.4, 0.5) is 5.69 Å². The maximum absolute atomic E-state index is 12.7. The van der Waals surface area contributed by atoms with Crippen LogP contribution in [0.2, 0.25) is 0 Å². The van der Waals surface area contributed by atoms with Crippen LogP contribution in [0, 0.1) is 0 Å². The van der Waals surface area contributed by atoms with Gasteiger partial charge in [0.25, 0.3) is 5.91 Å². The molecule has 4 N–H and O–H groups in total. The quantitative estimate of drug-likeness (QED) is 0.890. The van der Waals surface area contributed by atoms with Gasteiger partial charge in [0.1, 0.15) is 10.6 Å². The Morgan fingerprint density at radius 2 is 2.10 bits per heavy atom. The molecular formula is C15H19N3O2S. The number of rotatable bonds is 2. The zero-order valence-electron chi connectivity index (χ0n) is 12.0. The molecule has 1 aliphatic heterocycles. The minimum atomic E-state index is 0.00246. The van der Waals surface area contributed by atoms with Crippen molar-refractivity contribution < 1.29 is 9.53 Å². The molecule has 112 valence electrons. The molecule has 21 heavy (non-hydrogen) atoms. The first-order chi connectivity index (χ1) is 10.1. The molecular weight excluding hydrogens is 286 g/mol. The summed E-state index contributed by atoms with van der Waals surface area (Å²) in [6.45, 7) is 1.40. The summed E-state index contributed by atoms with van der Waals surface area (Å²) in [6.07, 6.45) is 1.69. The highest BCUT2D eigenvalue weighted by molar-refractivity contribution is 7.21.